The van der Waals surface area contributed by atoms with E-state index in [2.05, 4.69) is 5.32 Å². The highest BCUT2D eigenvalue weighted by molar-refractivity contribution is 5.96. The van der Waals surface area contributed by atoms with Gasteiger partial charge in [0.1, 0.15) is 11.6 Å². The molecule has 14 heavy (non-hydrogen) atoms. The Kier molecular flexibility index (Phi) is 3.45. The molecule has 0 fully saturated rings. The molecule has 3 nitrogen and oxygen atoms in total. The first-order valence-corrected chi connectivity index (χ1v) is 4.42. The van der Waals surface area contributed by atoms with Crippen molar-refractivity contribution in [1.82, 2.24) is 5.32 Å². The van der Waals surface area contributed by atoms with Gasteiger partial charge in [-0.25, -0.2) is 4.39 Å². The van der Waals surface area contributed by atoms with Crippen LogP contribution >= 0.6 is 0 Å². The standard InChI is InChI=1S/C10H12FNO2/c1-2-5-12-10(14)8-4-3-7(11)6-9(8)13/h3-4,6,13H,2,5H2,1H3,(H,12,14). The van der Waals surface area contributed by atoms with Gasteiger partial charge in [0.2, 0.25) is 0 Å². The maximum absolute atomic E-state index is 12.6. The summed E-state index contributed by atoms with van der Waals surface area (Å²) in [5, 5.41) is 11.8. The van der Waals surface area contributed by atoms with Crippen LogP contribution in [-0.2, 0) is 0 Å². The molecule has 0 radical (unpaired) electrons. The summed E-state index contributed by atoms with van der Waals surface area (Å²) in [5.41, 5.74) is 0.0971. The largest absolute Gasteiger partial charge is 0.507 e. The molecule has 1 aromatic carbocycles. The monoisotopic (exact) mass is 197 g/mol. The van der Waals surface area contributed by atoms with Gasteiger partial charge in [-0.3, -0.25) is 4.79 Å². The van der Waals surface area contributed by atoms with E-state index in [-0.39, 0.29) is 17.2 Å². The Morgan fingerprint density at radius 2 is 2.29 bits per heavy atom. The molecule has 0 aromatic heterocycles. The lowest BCUT2D eigenvalue weighted by molar-refractivity contribution is 0.0951. The van der Waals surface area contributed by atoms with Gasteiger partial charge in [-0.2, -0.15) is 0 Å². The van der Waals surface area contributed by atoms with E-state index in [1.165, 1.54) is 6.07 Å². The summed E-state index contributed by atoms with van der Waals surface area (Å²) in [6.45, 7) is 2.46. The van der Waals surface area contributed by atoms with Gasteiger partial charge in [-0.15, -0.1) is 0 Å². The van der Waals surface area contributed by atoms with Gasteiger partial charge in [0.15, 0.2) is 0 Å². The number of hydrogen-bond acceptors (Lipinski definition) is 2. The average molecular weight is 197 g/mol. The maximum Gasteiger partial charge on any atom is 0.255 e. The summed E-state index contributed by atoms with van der Waals surface area (Å²) in [5.74, 6) is -1.28. The molecule has 0 saturated heterocycles. The fourth-order valence-electron chi connectivity index (χ4n) is 1.03. The molecule has 0 bridgehead atoms. The molecule has 0 heterocycles. The molecule has 1 rings (SSSR count). The molecule has 4 heteroatoms. The zero-order valence-corrected chi connectivity index (χ0v) is 7.88. The van der Waals surface area contributed by atoms with Gasteiger partial charge in [0.05, 0.1) is 5.56 Å². The van der Waals surface area contributed by atoms with Crippen molar-refractivity contribution < 1.29 is 14.3 Å². The highest BCUT2D eigenvalue weighted by Crippen LogP contribution is 2.17. The highest BCUT2D eigenvalue weighted by atomic mass is 19.1. The second-order valence-electron chi connectivity index (χ2n) is 2.92. The zero-order chi connectivity index (χ0) is 10.6. The summed E-state index contributed by atoms with van der Waals surface area (Å²) >= 11 is 0. The molecule has 0 spiro atoms. The third-order valence-electron chi connectivity index (χ3n) is 1.74. The van der Waals surface area contributed by atoms with Crippen molar-refractivity contribution in [2.45, 2.75) is 13.3 Å². The molecular weight excluding hydrogens is 185 g/mol. The summed E-state index contributed by atoms with van der Waals surface area (Å²) in [6, 6.07) is 3.32. The summed E-state index contributed by atoms with van der Waals surface area (Å²) in [6.07, 6.45) is 0.813. The number of aromatic hydroxyl groups is 1. The Bertz CT molecular complexity index is 339. The lowest BCUT2D eigenvalue weighted by Gasteiger charge is -2.05. The number of carbonyl (C=O) groups excluding carboxylic acids is 1. The van der Waals surface area contributed by atoms with Gasteiger partial charge in [0.25, 0.3) is 5.91 Å². The SMILES string of the molecule is CCCNC(=O)c1ccc(F)cc1O. The van der Waals surface area contributed by atoms with E-state index >= 15 is 0 Å². The van der Waals surface area contributed by atoms with Crippen LogP contribution in [0.1, 0.15) is 23.7 Å². The molecule has 2 N–H and O–H groups in total. The third kappa shape index (κ3) is 2.45. The molecule has 0 aliphatic rings. The lowest BCUT2D eigenvalue weighted by Crippen LogP contribution is -2.23. The van der Waals surface area contributed by atoms with E-state index in [4.69, 9.17) is 0 Å². The summed E-state index contributed by atoms with van der Waals surface area (Å²) < 4.78 is 12.6. The number of amides is 1. The molecule has 0 saturated carbocycles. The minimum Gasteiger partial charge on any atom is -0.507 e. The number of rotatable bonds is 3. The summed E-state index contributed by atoms with van der Waals surface area (Å²) in [4.78, 5) is 11.3. The van der Waals surface area contributed by atoms with Crippen molar-refractivity contribution in [1.29, 1.82) is 0 Å². The van der Waals surface area contributed by atoms with Crippen molar-refractivity contribution in [2.75, 3.05) is 6.54 Å². The minimum atomic E-state index is -0.561. The third-order valence-corrected chi connectivity index (χ3v) is 1.74. The first-order valence-electron chi connectivity index (χ1n) is 4.42. The fraction of sp³-hybridized carbons (Fsp3) is 0.300. The van der Waals surface area contributed by atoms with Crippen LogP contribution in [0.15, 0.2) is 18.2 Å². The number of halogens is 1. The number of carbonyl (C=O) groups is 1. The Hall–Kier alpha value is -1.58. The Morgan fingerprint density at radius 3 is 2.86 bits per heavy atom. The quantitative estimate of drug-likeness (QED) is 0.774. The molecular formula is C10H12FNO2. The first kappa shape index (κ1) is 10.5. The average Bonchev–Trinajstić information content (AvgIpc) is 2.14. The predicted molar refractivity (Wildman–Crippen MR) is 50.7 cm³/mol. The molecule has 0 aliphatic heterocycles. The van der Waals surface area contributed by atoms with Gasteiger partial charge in [0, 0.05) is 12.6 Å². The van der Waals surface area contributed by atoms with E-state index in [1.807, 2.05) is 6.92 Å². The molecule has 0 unspecified atom stereocenters. The molecule has 1 aromatic rings. The van der Waals surface area contributed by atoms with Crippen LogP contribution in [0.4, 0.5) is 4.39 Å². The van der Waals surface area contributed by atoms with E-state index in [0.717, 1.165) is 18.6 Å². The van der Waals surface area contributed by atoms with Crippen LogP contribution in [-0.4, -0.2) is 17.6 Å². The van der Waals surface area contributed by atoms with E-state index in [1.54, 1.807) is 0 Å². The van der Waals surface area contributed by atoms with Gasteiger partial charge < -0.3 is 10.4 Å². The number of hydrogen-bond donors (Lipinski definition) is 2. The fourth-order valence-corrected chi connectivity index (χ4v) is 1.03. The molecule has 76 valence electrons. The maximum atomic E-state index is 12.6. The number of phenolic OH excluding ortho intramolecular Hbond substituents is 1. The topological polar surface area (TPSA) is 49.3 Å². The van der Waals surface area contributed by atoms with E-state index < -0.39 is 5.82 Å². The van der Waals surface area contributed by atoms with Crippen LogP contribution in [0.3, 0.4) is 0 Å². The molecule has 0 atom stereocenters. The van der Waals surface area contributed by atoms with Gasteiger partial charge in [-0.1, -0.05) is 6.92 Å². The minimum absolute atomic E-state index is 0.0971. The molecule has 0 aliphatic carbocycles. The number of nitrogens with one attached hydrogen (secondary N) is 1. The Morgan fingerprint density at radius 1 is 1.57 bits per heavy atom. The lowest BCUT2D eigenvalue weighted by atomic mass is 10.2. The van der Waals surface area contributed by atoms with Crippen molar-refractivity contribution >= 4 is 5.91 Å². The Balaban J connectivity index is 2.80. The highest BCUT2D eigenvalue weighted by Gasteiger charge is 2.10. The van der Waals surface area contributed by atoms with E-state index in [9.17, 15) is 14.3 Å². The van der Waals surface area contributed by atoms with E-state index in [0.29, 0.717) is 6.54 Å². The van der Waals surface area contributed by atoms with Crippen molar-refractivity contribution in [3.05, 3.63) is 29.6 Å². The number of phenols is 1. The van der Waals surface area contributed by atoms with Crippen LogP contribution in [0.5, 0.6) is 5.75 Å². The summed E-state index contributed by atoms with van der Waals surface area (Å²) in [7, 11) is 0. The first-order chi connectivity index (χ1) is 6.65. The molecule has 1 amide bonds. The second kappa shape index (κ2) is 4.60. The van der Waals surface area contributed by atoms with Crippen LogP contribution in [0.2, 0.25) is 0 Å². The smallest absolute Gasteiger partial charge is 0.255 e. The normalized spacial score (nSPS) is 9.86. The van der Waals surface area contributed by atoms with Crippen LogP contribution < -0.4 is 5.32 Å². The number of benzene rings is 1. The van der Waals surface area contributed by atoms with Gasteiger partial charge >= 0.3 is 0 Å². The second-order valence-corrected chi connectivity index (χ2v) is 2.92. The van der Waals surface area contributed by atoms with Gasteiger partial charge in [-0.05, 0) is 18.6 Å². The van der Waals surface area contributed by atoms with Crippen molar-refractivity contribution in [3.63, 3.8) is 0 Å². The zero-order valence-electron chi connectivity index (χ0n) is 7.88. The Labute approximate surface area is 81.6 Å². The van der Waals surface area contributed by atoms with Crippen LogP contribution in [0.25, 0.3) is 0 Å². The van der Waals surface area contributed by atoms with Crippen molar-refractivity contribution in [2.24, 2.45) is 0 Å². The predicted octanol–water partition coefficient (Wildman–Crippen LogP) is 1.67. The van der Waals surface area contributed by atoms with Crippen LogP contribution in [0, 0.1) is 5.82 Å². The van der Waals surface area contributed by atoms with Crippen molar-refractivity contribution in [3.8, 4) is 5.75 Å².